The minimum Gasteiger partial charge on any atom is -0.494 e. The molecule has 0 saturated carbocycles. The maximum atomic E-state index is 13.7. The fourth-order valence-corrected chi connectivity index (χ4v) is 2.12. The van der Waals surface area contributed by atoms with Gasteiger partial charge in [-0.1, -0.05) is 19.9 Å². The third-order valence-electron chi connectivity index (χ3n) is 3.47. The van der Waals surface area contributed by atoms with Crippen LogP contribution in [0.15, 0.2) is 18.2 Å². The highest BCUT2D eigenvalue weighted by Gasteiger charge is 2.13. The van der Waals surface area contributed by atoms with Gasteiger partial charge in [0.25, 0.3) is 0 Å². The van der Waals surface area contributed by atoms with Crippen molar-refractivity contribution in [2.45, 2.75) is 19.9 Å². The molecule has 1 aromatic rings. The first kappa shape index (κ1) is 16.9. The Morgan fingerprint density at radius 3 is 2.55 bits per heavy atom. The highest BCUT2D eigenvalue weighted by atomic mass is 19.1. The Morgan fingerprint density at radius 2 is 2.05 bits per heavy atom. The molecule has 1 aromatic carbocycles. The Bertz CT molecular complexity index is 397. The zero-order valence-corrected chi connectivity index (χ0v) is 12.5. The first-order chi connectivity index (χ1) is 9.65. The molecule has 0 spiro atoms. The van der Waals surface area contributed by atoms with Gasteiger partial charge in [0.15, 0.2) is 11.6 Å². The van der Waals surface area contributed by atoms with E-state index in [1.165, 1.54) is 13.2 Å². The van der Waals surface area contributed by atoms with Crippen LogP contribution in [0.4, 0.5) is 4.39 Å². The van der Waals surface area contributed by atoms with Gasteiger partial charge in [0.1, 0.15) is 0 Å². The van der Waals surface area contributed by atoms with Crippen molar-refractivity contribution >= 4 is 0 Å². The van der Waals surface area contributed by atoms with Gasteiger partial charge in [0, 0.05) is 13.1 Å². The van der Waals surface area contributed by atoms with Gasteiger partial charge >= 0.3 is 0 Å². The van der Waals surface area contributed by atoms with Crippen molar-refractivity contribution in [3.8, 4) is 5.75 Å². The number of nitrogens with one attached hydrogen (secondary N) is 1. The molecule has 0 fully saturated rings. The molecule has 0 aliphatic carbocycles. The summed E-state index contributed by atoms with van der Waals surface area (Å²) >= 11 is 0. The van der Waals surface area contributed by atoms with Crippen molar-refractivity contribution in [3.63, 3.8) is 0 Å². The number of halogens is 1. The quantitative estimate of drug-likeness (QED) is 0.726. The summed E-state index contributed by atoms with van der Waals surface area (Å²) in [5.74, 6) is -0.192. The molecule has 4 nitrogen and oxygen atoms in total. The SMILES string of the molecule is CCN(CC)CCNC(CO)c1ccc(OC)c(F)c1. The fraction of sp³-hybridized carbons (Fsp3) is 0.600. The summed E-state index contributed by atoms with van der Waals surface area (Å²) in [4.78, 5) is 2.29. The predicted octanol–water partition coefficient (Wildman–Crippen LogP) is 1.80. The maximum absolute atomic E-state index is 13.7. The second kappa shape index (κ2) is 8.89. The van der Waals surface area contributed by atoms with Crippen molar-refractivity contribution in [3.05, 3.63) is 29.6 Å². The summed E-state index contributed by atoms with van der Waals surface area (Å²) in [5, 5.41) is 12.7. The lowest BCUT2D eigenvalue weighted by molar-refractivity contribution is 0.233. The van der Waals surface area contributed by atoms with Gasteiger partial charge in [-0.25, -0.2) is 4.39 Å². The number of aliphatic hydroxyl groups excluding tert-OH is 1. The van der Waals surface area contributed by atoms with E-state index in [1.54, 1.807) is 12.1 Å². The normalized spacial score (nSPS) is 12.7. The van der Waals surface area contributed by atoms with Crippen molar-refractivity contribution in [2.75, 3.05) is 39.9 Å². The zero-order valence-electron chi connectivity index (χ0n) is 12.5. The van der Waals surface area contributed by atoms with E-state index in [0.29, 0.717) is 0 Å². The molecule has 0 aromatic heterocycles. The summed E-state index contributed by atoms with van der Waals surface area (Å²) in [7, 11) is 1.43. The first-order valence-corrected chi connectivity index (χ1v) is 7.06. The molecule has 0 saturated heterocycles. The van der Waals surface area contributed by atoms with Crippen molar-refractivity contribution in [1.29, 1.82) is 0 Å². The predicted molar refractivity (Wildman–Crippen MR) is 78.6 cm³/mol. The molecule has 2 N–H and O–H groups in total. The average molecular weight is 284 g/mol. The molecule has 1 rings (SSSR count). The van der Waals surface area contributed by atoms with E-state index in [-0.39, 0.29) is 18.4 Å². The summed E-state index contributed by atoms with van der Waals surface area (Å²) in [6.45, 7) is 7.82. The van der Waals surface area contributed by atoms with Crippen LogP contribution in [0.5, 0.6) is 5.75 Å². The minimum absolute atomic E-state index is 0.0655. The number of hydrogen-bond donors (Lipinski definition) is 2. The van der Waals surface area contributed by atoms with Crippen molar-refractivity contribution < 1.29 is 14.2 Å². The van der Waals surface area contributed by atoms with E-state index in [0.717, 1.165) is 31.7 Å². The Labute approximate surface area is 120 Å². The van der Waals surface area contributed by atoms with Crippen LogP contribution in [0.3, 0.4) is 0 Å². The van der Waals surface area contributed by atoms with Crippen LogP contribution in [0.2, 0.25) is 0 Å². The highest BCUT2D eigenvalue weighted by molar-refractivity contribution is 5.31. The summed E-state index contributed by atoms with van der Waals surface area (Å²) in [6, 6.07) is 4.50. The summed E-state index contributed by atoms with van der Waals surface area (Å²) in [6.07, 6.45) is 0. The molecule has 114 valence electrons. The van der Waals surface area contributed by atoms with E-state index < -0.39 is 5.82 Å². The molecular weight excluding hydrogens is 259 g/mol. The van der Waals surface area contributed by atoms with Gasteiger partial charge in [-0.2, -0.15) is 0 Å². The van der Waals surface area contributed by atoms with E-state index >= 15 is 0 Å². The van der Waals surface area contributed by atoms with Crippen molar-refractivity contribution in [2.24, 2.45) is 0 Å². The molecule has 0 aliphatic heterocycles. The Morgan fingerprint density at radius 1 is 1.35 bits per heavy atom. The molecule has 5 heteroatoms. The number of rotatable bonds is 9. The van der Waals surface area contributed by atoms with Crippen molar-refractivity contribution in [1.82, 2.24) is 10.2 Å². The Hall–Kier alpha value is -1.17. The van der Waals surface area contributed by atoms with Gasteiger partial charge in [-0.15, -0.1) is 0 Å². The molecule has 0 heterocycles. The van der Waals surface area contributed by atoms with Crippen LogP contribution < -0.4 is 10.1 Å². The van der Waals surface area contributed by atoms with E-state index in [2.05, 4.69) is 24.1 Å². The highest BCUT2D eigenvalue weighted by Crippen LogP contribution is 2.21. The lowest BCUT2D eigenvalue weighted by Gasteiger charge is -2.22. The van der Waals surface area contributed by atoms with E-state index in [1.807, 2.05) is 0 Å². The molecule has 1 atom stereocenters. The van der Waals surface area contributed by atoms with Crippen LogP contribution in [0.25, 0.3) is 0 Å². The third-order valence-corrected chi connectivity index (χ3v) is 3.47. The lowest BCUT2D eigenvalue weighted by atomic mass is 10.1. The second-order valence-corrected chi connectivity index (χ2v) is 4.61. The zero-order chi connectivity index (χ0) is 15.0. The maximum Gasteiger partial charge on any atom is 0.165 e. The smallest absolute Gasteiger partial charge is 0.165 e. The van der Waals surface area contributed by atoms with Gasteiger partial charge < -0.3 is 20.1 Å². The Kier molecular flexibility index (Phi) is 7.51. The molecule has 0 amide bonds. The molecular formula is C15H25FN2O2. The Balaban J connectivity index is 2.59. The summed E-state index contributed by atoms with van der Waals surface area (Å²) in [5.41, 5.74) is 0.727. The number of benzene rings is 1. The molecule has 1 unspecified atom stereocenters. The van der Waals surface area contributed by atoms with Crippen LogP contribution in [-0.2, 0) is 0 Å². The van der Waals surface area contributed by atoms with E-state index in [4.69, 9.17) is 4.74 Å². The fourth-order valence-electron chi connectivity index (χ4n) is 2.12. The van der Waals surface area contributed by atoms with Gasteiger partial charge in [-0.3, -0.25) is 0 Å². The lowest BCUT2D eigenvalue weighted by Crippen LogP contribution is -2.34. The molecule has 0 aliphatic rings. The second-order valence-electron chi connectivity index (χ2n) is 4.61. The first-order valence-electron chi connectivity index (χ1n) is 7.06. The number of nitrogens with zero attached hydrogens (tertiary/aromatic N) is 1. The average Bonchev–Trinajstić information content (AvgIpc) is 2.47. The number of hydrogen-bond acceptors (Lipinski definition) is 4. The number of ether oxygens (including phenoxy) is 1. The number of methoxy groups -OCH3 is 1. The minimum atomic E-state index is -0.408. The third kappa shape index (κ3) is 4.74. The van der Waals surface area contributed by atoms with Crippen LogP contribution in [-0.4, -0.2) is 49.9 Å². The molecule has 0 radical (unpaired) electrons. The number of aliphatic hydroxyl groups is 1. The topological polar surface area (TPSA) is 44.7 Å². The van der Waals surface area contributed by atoms with E-state index in [9.17, 15) is 9.50 Å². The molecule has 0 bridgehead atoms. The monoisotopic (exact) mass is 284 g/mol. The van der Waals surface area contributed by atoms with Crippen LogP contribution >= 0.6 is 0 Å². The largest absolute Gasteiger partial charge is 0.494 e. The summed E-state index contributed by atoms with van der Waals surface area (Å²) < 4.78 is 18.6. The van der Waals surface area contributed by atoms with Gasteiger partial charge in [0.05, 0.1) is 19.8 Å². The van der Waals surface area contributed by atoms with Gasteiger partial charge in [-0.05, 0) is 30.8 Å². The van der Waals surface area contributed by atoms with Crippen LogP contribution in [0.1, 0.15) is 25.5 Å². The number of likely N-dealkylation sites (N-methyl/N-ethyl adjacent to an activating group) is 1. The molecule has 20 heavy (non-hydrogen) atoms. The standard InChI is InChI=1S/C15H25FN2O2/c1-4-18(5-2)9-8-17-14(11-19)12-6-7-15(20-3)13(16)10-12/h6-7,10,14,17,19H,4-5,8-9,11H2,1-3H3. The van der Waals surface area contributed by atoms with Gasteiger partial charge in [0.2, 0.25) is 0 Å². The van der Waals surface area contributed by atoms with Crippen LogP contribution in [0, 0.1) is 5.82 Å².